The molecular weight excluding hydrogens is 358 g/mol. The molecule has 1 saturated heterocycles. The number of amides is 1. The average molecular weight is 376 g/mol. The molecule has 0 saturated carbocycles. The molecule has 8 heteroatoms. The summed E-state index contributed by atoms with van der Waals surface area (Å²) in [5.74, 6) is -0.415. The van der Waals surface area contributed by atoms with Crippen molar-refractivity contribution in [3.05, 3.63) is 62.7 Å². The summed E-state index contributed by atoms with van der Waals surface area (Å²) in [6.45, 7) is 4.39. The number of nitrogens with zero attached hydrogens (tertiary/aromatic N) is 2. The molecule has 0 bridgehead atoms. The van der Waals surface area contributed by atoms with Gasteiger partial charge in [0, 0.05) is 36.0 Å². The number of nitro benzene ring substituents is 1. The van der Waals surface area contributed by atoms with E-state index >= 15 is 0 Å². The predicted octanol–water partition coefficient (Wildman–Crippen LogP) is 3.65. The number of anilines is 2. The molecule has 3 rings (SSSR count). The van der Waals surface area contributed by atoms with Gasteiger partial charge in [-0.3, -0.25) is 14.9 Å². The van der Waals surface area contributed by atoms with Gasteiger partial charge in [-0.15, -0.1) is 0 Å². The Morgan fingerprint density at radius 3 is 2.65 bits per heavy atom. The Balaban J connectivity index is 1.79. The number of carbonyl (C=O) groups excluding carboxylic acids is 1. The van der Waals surface area contributed by atoms with Crippen molar-refractivity contribution in [2.75, 3.05) is 36.5 Å². The Morgan fingerprint density at radius 2 is 2.00 bits per heavy atom. The summed E-state index contributed by atoms with van der Waals surface area (Å²) < 4.78 is 5.33. The standard InChI is InChI=1S/C18H18ClN3O4/c1-12-14(3-2-4-16(12)22(24)25)18(23)20-13-5-6-17(15(19)11-13)21-7-9-26-10-8-21/h2-6,11H,7-10H2,1H3,(H,20,23). The van der Waals surface area contributed by atoms with Crippen molar-refractivity contribution in [3.8, 4) is 0 Å². The lowest BCUT2D eigenvalue weighted by Gasteiger charge is -2.29. The van der Waals surface area contributed by atoms with Crippen LogP contribution in [0.25, 0.3) is 0 Å². The van der Waals surface area contributed by atoms with Crippen LogP contribution in [-0.4, -0.2) is 37.1 Å². The first-order valence-electron chi connectivity index (χ1n) is 8.15. The van der Waals surface area contributed by atoms with E-state index in [0.29, 0.717) is 29.5 Å². The highest BCUT2D eigenvalue weighted by atomic mass is 35.5. The quantitative estimate of drug-likeness (QED) is 0.651. The van der Waals surface area contributed by atoms with Crippen LogP contribution in [0.15, 0.2) is 36.4 Å². The number of nitrogens with one attached hydrogen (secondary N) is 1. The highest BCUT2D eigenvalue weighted by Gasteiger charge is 2.19. The van der Waals surface area contributed by atoms with Gasteiger partial charge >= 0.3 is 0 Å². The molecule has 0 atom stereocenters. The van der Waals surface area contributed by atoms with E-state index in [1.54, 1.807) is 25.1 Å². The SMILES string of the molecule is Cc1c(C(=O)Nc2ccc(N3CCOCC3)c(Cl)c2)cccc1[N+](=O)[O-]. The van der Waals surface area contributed by atoms with Gasteiger partial charge in [-0.2, -0.15) is 0 Å². The summed E-state index contributed by atoms with van der Waals surface area (Å²) in [6, 6.07) is 9.72. The van der Waals surface area contributed by atoms with Gasteiger partial charge in [-0.25, -0.2) is 0 Å². The van der Waals surface area contributed by atoms with E-state index in [4.69, 9.17) is 16.3 Å². The maximum absolute atomic E-state index is 12.5. The number of ether oxygens (including phenoxy) is 1. The van der Waals surface area contributed by atoms with E-state index in [1.807, 2.05) is 6.07 Å². The van der Waals surface area contributed by atoms with Crippen LogP contribution in [0.5, 0.6) is 0 Å². The minimum absolute atomic E-state index is 0.0849. The Labute approximate surface area is 155 Å². The number of morpholine rings is 1. The largest absolute Gasteiger partial charge is 0.378 e. The van der Waals surface area contributed by atoms with Crippen molar-refractivity contribution >= 4 is 34.6 Å². The van der Waals surface area contributed by atoms with Crippen LogP contribution in [0.4, 0.5) is 17.1 Å². The van der Waals surface area contributed by atoms with Crippen LogP contribution in [0.3, 0.4) is 0 Å². The maximum Gasteiger partial charge on any atom is 0.273 e. The number of hydrogen-bond acceptors (Lipinski definition) is 5. The van der Waals surface area contributed by atoms with Gasteiger partial charge < -0.3 is 15.0 Å². The smallest absolute Gasteiger partial charge is 0.273 e. The Bertz CT molecular complexity index is 850. The van der Waals surface area contributed by atoms with Crippen molar-refractivity contribution in [1.29, 1.82) is 0 Å². The van der Waals surface area contributed by atoms with Crippen molar-refractivity contribution in [3.63, 3.8) is 0 Å². The summed E-state index contributed by atoms with van der Waals surface area (Å²) in [5.41, 5.74) is 1.92. The Hall–Kier alpha value is -2.64. The van der Waals surface area contributed by atoms with Crippen LogP contribution in [-0.2, 0) is 4.74 Å². The first kappa shape index (κ1) is 18.2. The molecule has 26 heavy (non-hydrogen) atoms. The molecule has 0 aromatic heterocycles. The zero-order chi connectivity index (χ0) is 18.7. The molecule has 1 aliphatic rings. The molecule has 2 aromatic rings. The lowest BCUT2D eigenvalue weighted by Crippen LogP contribution is -2.36. The molecule has 0 aliphatic carbocycles. The number of rotatable bonds is 4. The van der Waals surface area contributed by atoms with E-state index in [2.05, 4.69) is 10.2 Å². The zero-order valence-corrected chi connectivity index (χ0v) is 15.0. The summed E-state index contributed by atoms with van der Waals surface area (Å²) in [5, 5.41) is 14.3. The minimum atomic E-state index is -0.500. The third-order valence-corrected chi connectivity index (χ3v) is 4.61. The molecule has 0 radical (unpaired) electrons. The second kappa shape index (κ2) is 7.72. The minimum Gasteiger partial charge on any atom is -0.378 e. The molecule has 1 aliphatic heterocycles. The topological polar surface area (TPSA) is 84.7 Å². The molecule has 1 N–H and O–H groups in total. The van der Waals surface area contributed by atoms with Crippen LogP contribution in [0, 0.1) is 17.0 Å². The third kappa shape index (κ3) is 3.79. The van der Waals surface area contributed by atoms with E-state index in [-0.39, 0.29) is 11.3 Å². The molecule has 0 unspecified atom stereocenters. The van der Waals surface area contributed by atoms with Gasteiger partial charge in [0.05, 0.1) is 28.8 Å². The molecule has 1 amide bonds. The monoisotopic (exact) mass is 375 g/mol. The molecule has 136 valence electrons. The number of benzene rings is 2. The summed E-state index contributed by atoms with van der Waals surface area (Å²) in [7, 11) is 0. The molecule has 7 nitrogen and oxygen atoms in total. The van der Waals surface area contributed by atoms with Gasteiger partial charge in [0.2, 0.25) is 0 Å². The highest BCUT2D eigenvalue weighted by Crippen LogP contribution is 2.30. The summed E-state index contributed by atoms with van der Waals surface area (Å²) >= 11 is 6.37. The second-order valence-corrected chi connectivity index (χ2v) is 6.33. The lowest BCUT2D eigenvalue weighted by molar-refractivity contribution is -0.385. The zero-order valence-electron chi connectivity index (χ0n) is 14.2. The van der Waals surface area contributed by atoms with Crippen molar-refractivity contribution in [2.45, 2.75) is 6.92 Å². The Kier molecular flexibility index (Phi) is 5.39. The summed E-state index contributed by atoms with van der Waals surface area (Å²) in [6.07, 6.45) is 0. The lowest BCUT2D eigenvalue weighted by atomic mass is 10.1. The number of halogens is 1. The third-order valence-electron chi connectivity index (χ3n) is 4.30. The fourth-order valence-corrected chi connectivity index (χ4v) is 3.21. The fourth-order valence-electron chi connectivity index (χ4n) is 2.91. The van der Waals surface area contributed by atoms with Crippen LogP contribution >= 0.6 is 11.6 Å². The second-order valence-electron chi connectivity index (χ2n) is 5.93. The van der Waals surface area contributed by atoms with Crippen LogP contribution in [0.2, 0.25) is 5.02 Å². The molecule has 1 heterocycles. The first-order valence-corrected chi connectivity index (χ1v) is 8.53. The molecule has 1 fully saturated rings. The molecular formula is C18H18ClN3O4. The fraction of sp³-hybridized carbons (Fsp3) is 0.278. The van der Waals surface area contributed by atoms with Crippen molar-refractivity contribution in [2.24, 2.45) is 0 Å². The van der Waals surface area contributed by atoms with E-state index < -0.39 is 10.8 Å². The van der Waals surface area contributed by atoms with E-state index in [1.165, 1.54) is 12.1 Å². The van der Waals surface area contributed by atoms with E-state index in [0.717, 1.165) is 18.8 Å². The van der Waals surface area contributed by atoms with Crippen molar-refractivity contribution < 1.29 is 14.5 Å². The van der Waals surface area contributed by atoms with Gasteiger partial charge in [0.1, 0.15) is 0 Å². The number of nitro groups is 1. The van der Waals surface area contributed by atoms with Gasteiger partial charge in [-0.05, 0) is 31.2 Å². The van der Waals surface area contributed by atoms with Crippen molar-refractivity contribution in [1.82, 2.24) is 0 Å². The Morgan fingerprint density at radius 1 is 1.27 bits per heavy atom. The molecule has 2 aromatic carbocycles. The molecule has 0 spiro atoms. The van der Waals surface area contributed by atoms with Crippen LogP contribution in [0.1, 0.15) is 15.9 Å². The first-order chi connectivity index (χ1) is 12.5. The average Bonchev–Trinajstić information content (AvgIpc) is 2.62. The maximum atomic E-state index is 12.5. The predicted molar refractivity (Wildman–Crippen MR) is 100 cm³/mol. The van der Waals surface area contributed by atoms with Gasteiger partial charge in [0.15, 0.2) is 0 Å². The highest BCUT2D eigenvalue weighted by molar-refractivity contribution is 6.33. The normalized spacial score (nSPS) is 14.2. The van der Waals surface area contributed by atoms with Gasteiger partial charge in [0.25, 0.3) is 11.6 Å². The van der Waals surface area contributed by atoms with Gasteiger partial charge in [-0.1, -0.05) is 17.7 Å². The van der Waals surface area contributed by atoms with E-state index in [9.17, 15) is 14.9 Å². The van der Waals surface area contributed by atoms with Crippen LogP contribution < -0.4 is 10.2 Å². The number of carbonyl (C=O) groups is 1. The summed E-state index contributed by atoms with van der Waals surface area (Å²) in [4.78, 5) is 25.2. The number of hydrogen-bond donors (Lipinski definition) is 1.